The monoisotopic (exact) mass is 520 g/mol. The number of hydrogen-bond donors (Lipinski definition) is 4. The number of methoxy groups -OCH3 is 1. The molecule has 1 unspecified atom stereocenters. The normalized spacial score (nSPS) is 13.7. The number of hydrogen-bond acceptors (Lipinski definition) is 8. The molecule has 3 aromatic rings. The van der Waals surface area contributed by atoms with Gasteiger partial charge in [-0.3, -0.25) is 9.59 Å². The number of rotatable bonds is 11. The molecule has 4 N–H and O–H groups in total. The molecule has 0 aliphatic heterocycles. The van der Waals surface area contributed by atoms with Gasteiger partial charge in [0.25, 0.3) is 5.91 Å². The van der Waals surface area contributed by atoms with Gasteiger partial charge in [-0.25, -0.2) is 4.98 Å². The van der Waals surface area contributed by atoms with Crippen molar-refractivity contribution in [2.75, 3.05) is 30.8 Å². The third kappa shape index (κ3) is 6.83. The van der Waals surface area contributed by atoms with Gasteiger partial charge in [0.2, 0.25) is 5.95 Å². The Balaban J connectivity index is 1.60. The minimum Gasteiger partial charge on any atom is -0.468 e. The molecule has 9 nitrogen and oxygen atoms in total. The van der Waals surface area contributed by atoms with Gasteiger partial charge in [0.15, 0.2) is 0 Å². The van der Waals surface area contributed by atoms with Crippen molar-refractivity contribution in [2.45, 2.75) is 31.2 Å². The van der Waals surface area contributed by atoms with Crippen LogP contribution in [0, 0.1) is 5.41 Å². The first-order valence-electron chi connectivity index (χ1n) is 12.1. The number of ether oxygens (including phenoxy) is 1. The van der Waals surface area contributed by atoms with Crippen LogP contribution in [-0.2, 0) is 9.53 Å². The van der Waals surface area contributed by atoms with Crippen LogP contribution in [0.2, 0.25) is 5.02 Å². The average molecular weight is 521 g/mol. The van der Waals surface area contributed by atoms with Gasteiger partial charge in [-0.1, -0.05) is 54.1 Å². The van der Waals surface area contributed by atoms with Crippen LogP contribution >= 0.6 is 11.6 Å². The lowest BCUT2D eigenvalue weighted by Gasteiger charge is -2.26. The summed E-state index contributed by atoms with van der Waals surface area (Å²) in [4.78, 5) is 33.3. The van der Waals surface area contributed by atoms with Crippen molar-refractivity contribution < 1.29 is 14.3 Å². The predicted octanol–water partition coefficient (Wildman–Crippen LogP) is 4.26. The van der Waals surface area contributed by atoms with E-state index in [1.165, 1.54) is 13.3 Å². The van der Waals surface area contributed by atoms with E-state index in [2.05, 4.69) is 30.7 Å². The van der Waals surface area contributed by atoms with E-state index in [9.17, 15) is 9.59 Å². The highest BCUT2D eigenvalue weighted by atomic mass is 35.5. The number of amides is 1. The van der Waals surface area contributed by atoms with E-state index in [0.29, 0.717) is 35.1 Å². The van der Waals surface area contributed by atoms with E-state index in [0.717, 1.165) is 30.4 Å². The van der Waals surface area contributed by atoms with E-state index in [1.807, 2.05) is 42.5 Å². The van der Waals surface area contributed by atoms with Crippen molar-refractivity contribution in [3.05, 3.63) is 82.5 Å². The lowest BCUT2D eigenvalue weighted by Crippen LogP contribution is -2.32. The number of halogens is 1. The van der Waals surface area contributed by atoms with Gasteiger partial charge >= 0.3 is 5.97 Å². The number of aromatic nitrogens is 2. The van der Waals surface area contributed by atoms with Gasteiger partial charge in [0.1, 0.15) is 17.9 Å². The summed E-state index contributed by atoms with van der Waals surface area (Å²) in [6.07, 6.45) is 4.68. The number of benzene rings is 2. The Morgan fingerprint density at radius 3 is 2.51 bits per heavy atom. The molecule has 1 atom stereocenters. The second-order valence-electron chi connectivity index (χ2n) is 8.75. The molecule has 1 aromatic heterocycles. The Bertz CT molecular complexity index is 1250. The highest BCUT2D eigenvalue weighted by molar-refractivity contribution is 6.30. The molecule has 10 heteroatoms. The molecule has 1 heterocycles. The molecule has 1 aliphatic carbocycles. The molecule has 1 aliphatic rings. The third-order valence-electron chi connectivity index (χ3n) is 6.27. The Labute approximate surface area is 220 Å². The zero-order valence-corrected chi connectivity index (χ0v) is 21.2. The zero-order chi connectivity index (χ0) is 26.2. The van der Waals surface area contributed by atoms with Gasteiger partial charge in [-0.2, -0.15) is 4.98 Å². The highest BCUT2D eigenvalue weighted by Gasteiger charge is 2.23. The minimum atomic E-state index is -0.562. The first kappa shape index (κ1) is 26.1. The summed E-state index contributed by atoms with van der Waals surface area (Å²) in [6, 6.07) is 17.2. The van der Waals surface area contributed by atoms with Crippen LogP contribution in [0.5, 0.6) is 0 Å². The molecule has 1 fully saturated rings. The summed E-state index contributed by atoms with van der Waals surface area (Å²) in [6.45, 7) is 0.0212. The molecular formula is C27H29ClN6O3. The van der Waals surface area contributed by atoms with Gasteiger partial charge < -0.3 is 26.1 Å². The maximum absolute atomic E-state index is 12.9. The van der Waals surface area contributed by atoms with Crippen LogP contribution in [0.25, 0.3) is 0 Å². The van der Waals surface area contributed by atoms with E-state index in [1.54, 1.807) is 12.1 Å². The van der Waals surface area contributed by atoms with E-state index in [-0.39, 0.29) is 18.0 Å². The van der Waals surface area contributed by atoms with E-state index < -0.39 is 11.9 Å². The minimum absolute atomic E-state index is 0.188. The van der Waals surface area contributed by atoms with Crippen LogP contribution in [0.15, 0.2) is 60.8 Å². The SMILES string of the molecule is COC(=O)CNC(=O)c1cnc(NC2CCC2)nc1NCC(C(=N)c1ccc(Cl)cc1)c1ccccc1. The van der Waals surface area contributed by atoms with Crippen LogP contribution in [0.1, 0.15) is 46.7 Å². The maximum atomic E-state index is 12.9. The Kier molecular flexibility index (Phi) is 8.68. The fourth-order valence-electron chi connectivity index (χ4n) is 3.91. The molecule has 1 saturated carbocycles. The van der Waals surface area contributed by atoms with Crippen molar-refractivity contribution in [3.8, 4) is 0 Å². The third-order valence-corrected chi connectivity index (χ3v) is 6.52. The van der Waals surface area contributed by atoms with Gasteiger partial charge in [0.05, 0.1) is 7.11 Å². The molecule has 37 heavy (non-hydrogen) atoms. The topological polar surface area (TPSA) is 129 Å². The fourth-order valence-corrected chi connectivity index (χ4v) is 4.03. The quantitative estimate of drug-likeness (QED) is 0.219. The molecule has 0 radical (unpaired) electrons. The highest BCUT2D eigenvalue weighted by Crippen LogP contribution is 2.25. The Morgan fingerprint density at radius 1 is 1.14 bits per heavy atom. The molecule has 1 amide bonds. The summed E-state index contributed by atoms with van der Waals surface area (Å²) < 4.78 is 4.61. The number of carbonyl (C=O) groups is 2. The molecule has 4 rings (SSSR count). The first-order chi connectivity index (χ1) is 17.9. The summed E-state index contributed by atoms with van der Waals surface area (Å²) in [5, 5.41) is 18.6. The molecule has 0 spiro atoms. The van der Waals surface area contributed by atoms with Crippen LogP contribution in [0.3, 0.4) is 0 Å². The van der Waals surface area contributed by atoms with Crippen molar-refractivity contribution in [3.63, 3.8) is 0 Å². The van der Waals surface area contributed by atoms with Gasteiger partial charge in [-0.05, 0) is 42.5 Å². The number of anilines is 2. The lowest BCUT2D eigenvalue weighted by molar-refractivity contribution is -0.139. The average Bonchev–Trinajstić information content (AvgIpc) is 2.90. The summed E-state index contributed by atoms with van der Waals surface area (Å²) in [7, 11) is 1.25. The second-order valence-corrected chi connectivity index (χ2v) is 9.19. The van der Waals surface area contributed by atoms with Gasteiger partial charge in [0, 0.05) is 35.4 Å². The number of carbonyl (C=O) groups excluding carboxylic acids is 2. The summed E-state index contributed by atoms with van der Waals surface area (Å²) in [5.74, 6) is -0.684. The first-order valence-corrected chi connectivity index (χ1v) is 12.4. The van der Waals surface area contributed by atoms with Crippen LogP contribution in [-0.4, -0.2) is 53.8 Å². The number of esters is 1. The number of nitrogens with one attached hydrogen (secondary N) is 4. The summed E-state index contributed by atoms with van der Waals surface area (Å²) >= 11 is 6.05. The Morgan fingerprint density at radius 2 is 1.86 bits per heavy atom. The fraction of sp³-hybridized carbons (Fsp3) is 0.296. The molecular weight excluding hydrogens is 492 g/mol. The van der Waals surface area contributed by atoms with Crippen molar-refractivity contribution >= 4 is 41.0 Å². The summed E-state index contributed by atoms with van der Waals surface area (Å²) in [5.41, 5.74) is 2.27. The van der Waals surface area contributed by atoms with Crippen molar-refractivity contribution in [1.29, 1.82) is 5.41 Å². The molecule has 192 valence electrons. The van der Waals surface area contributed by atoms with Crippen LogP contribution < -0.4 is 16.0 Å². The largest absolute Gasteiger partial charge is 0.468 e. The van der Waals surface area contributed by atoms with E-state index in [4.69, 9.17) is 17.0 Å². The van der Waals surface area contributed by atoms with E-state index >= 15 is 0 Å². The van der Waals surface area contributed by atoms with Crippen molar-refractivity contribution in [1.82, 2.24) is 15.3 Å². The predicted molar refractivity (Wildman–Crippen MR) is 144 cm³/mol. The van der Waals surface area contributed by atoms with Gasteiger partial charge in [-0.15, -0.1) is 0 Å². The standard InChI is InChI=1S/C27H29ClN6O3/c1-37-23(35)16-31-26(36)22-15-32-27(33-20-8-5-9-20)34-25(22)30-14-21(17-6-3-2-4-7-17)24(29)18-10-12-19(28)13-11-18/h2-4,6-7,10-13,15,20-21,29H,5,8-9,14,16H2,1H3,(H,31,36)(H2,30,32,33,34). The smallest absolute Gasteiger partial charge is 0.325 e. The second kappa shape index (κ2) is 12.3. The molecule has 2 aromatic carbocycles. The number of nitrogens with zero attached hydrogens (tertiary/aromatic N) is 2. The molecule has 0 saturated heterocycles. The van der Waals surface area contributed by atoms with Crippen LogP contribution in [0.4, 0.5) is 11.8 Å². The lowest BCUT2D eigenvalue weighted by atomic mass is 9.90. The Hall–Kier alpha value is -3.98. The van der Waals surface area contributed by atoms with Crippen molar-refractivity contribution in [2.24, 2.45) is 0 Å². The molecule has 0 bridgehead atoms. The zero-order valence-electron chi connectivity index (χ0n) is 20.5. The maximum Gasteiger partial charge on any atom is 0.325 e.